The van der Waals surface area contributed by atoms with Gasteiger partial charge in [-0.1, -0.05) is 83.2 Å². The van der Waals surface area contributed by atoms with Gasteiger partial charge in [-0.3, -0.25) is 4.79 Å². The van der Waals surface area contributed by atoms with Gasteiger partial charge in [0, 0.05) is 12.0 Å². The van der Waals surface area contributed by atoms with Crippen LogP contribution in [0.5, 0.6) is 0 Å². The van der Waals surface area contributed by atoms with Gasteiger partial charge in [0.2, 0.25) is 5.91 Å². The summed E-state index contributed by atoms with van der Waals surface area (Å²) in [6, 6.07) is 9.31. The third kappa shape index (κ3) is 4.91. The van der Waals surface area contributed by atoms with E-state index in [9.17, 15) is 4.79 Å². The molecule has 3 rings (SSSR count). The number of halogens is 4. The molecule has 1 aliphatic carbocycles. The van der Waals surface area contributed by atoms with Gasteiger partial charge in [-0.2, -0.15) is 0 Å². The molecule has 0 aromatic heterocycles. The topological polar surface area (TPSA) is 58.4 Å². The van der Waals surface area contributed by atoms with Gasteiger partial charge in [-0.25, -0.2) is 0 Å². The highest BCUT2D eigenvalue weighted by Gasteiger charge is 2.54. The van der Waals surface area contributed by atoms with Crippen molar-refractivity contribution in [3.8, 4) is 0 Å². The molecule has 0 spiro atoms. The van der Waals surface area contributed by atoms with Crippen LogP contribution in [0.25, 0.3) is 0 Å². The first-order valence-corrected chi connectivity index (χ1v) is 11.2. The van der Waals surface area contributed by atoms with E-state index < -0.39 is 20.6 Å². The first-order chi connectivity index (χ1) is 13.1. The number of likely N-dealkylation sites (tertiary alicyclic amines) is 1. The Labute approximate surface area is 187 Å². The Balaban J connectivity index is 1.81. The molecule has 4 nitrogen and oxygen atoms in total. The second-order valence-corrected chi connectivity index (χ2v) is 11.1. The molecule has 1 heterocycles. The van der Waals surface area contributed by atoms with E-state index in [4.69, 9.17) is 52.1 Å². The Morgan fingerprint density at radius 1 is 1.14 bits per heavy atom. The molecule has 156 valence electrons. The molecule has 2 aliphatic rings. The lowest BCUT2D eigenvalue weighted by molar-refractivity contribution is -0.127. The van der Waals surface area contributed by atoms with E-state index in [1.54, 1.807) is 0 Å². The van der Waals surface area contributed by atoms with Crippen LogP contribution in [0.3, 0.4) is 0 Å². The van der Waals surface area contributed by atoms with Crippen molar-refractivity contribution in [1.82, 2.24) is 10.2 Å². The number of alkyl halides is 4. The van der Waals surface area contributed by atoms with Gasteiger partial charge >= 0.3 is 0 Å². The fraction of sp³-hybridized carbons (Fsp3) is 0.650. The van der Waals surface area contributed by atoms with Crippen LogP contribution in [-0.2, 0) is 4.79 Å². The summed E-state index contributed by atoms with van der Waals surface area (Å²) in [7, 11) is 2.11. The van der Waals surface area contributed by atoms with Crippen LogP contribution >= 0.6 is 46.4 Å². The minimum atomic E-state index is -1.35. The lowest BCUT2D eigenvalue weighted by Gasteiger charge is -2.44. The van der Waals surface area contributed by atoms with Crippen LogP contribution in [0.1, 0.15) is 43.7 Å². The molecule has 28 heavy (non-hydrogen) atoms. The van der Waals surface area contributed by atoms with E-state index in [0.29, 0.717) is 0 Å². The molecule has 0 bridgehead atoms. The molecule has 1 aromatic rings. The number of nitrogens with zero attached hydrogens (tertiary/aromatic N) is 1. The number of hydrogen-bond donors (Lipinski definition) is 2. The third-order valence-electron chi connectivity index (χ3n) is 5.99. The lowest BCUT2D eigenvalue weighted by Crippen LogP contribution is -2.59. The summed E-state index contributed by atoms with van der Waals surface area (Å²) in [6.45, 7) is 1.01. The number of amides is 1. The molecule has 0 radical (unpaired) electrons. The van der Waals surface area contributed by atoms with E-state index in [1.165, 1.54) is 6.42 Å². The molecule has 2 fully saturated rings. The number of likely N-dealkylation sites (N-methyl/N-ethyl adjacent to an activating group) is 1. The van der Waals surface area contributed by atoms with E-state index in [1.807, 2.05) is 30.3 Å². The Kier molecular flexibility index (Phi) is 7.11. The molecule has 3 N–H and O–H groups in total. The predicted octanol–water partition coefficient (Wildman–Crippen LogP) is 4.41. The Hall–Kier alpha value is -0.230. The fourth-order valence-corrected chi connectivity index (χ4v) is 6.05. The number of nitrogens with one attached hydrogen (secondary N) is 1. The van der Waals surface area contributed by atoms with Gasteiger partial charge in [0.15, 0.2) is 0 Å². The number of carbonyl (C=O) groups is 1. The van der Waals surface area contributed by atoms with E-state index in [0.717, 1.165) is 24.9 Å². The SMILES string of the molecule is CN1CCCC[C@@H]1[C@H](NC(=O)C1CC(Cl)(Cl)C(N)C(Cl)(Cl)C1)c1ccccc1. The summed E-state index contributed by atoms with van der Waals surface area (Å²) in [5, 5.41) is 3.24. The van der Waals surface area contributed by atoms with E-state index in [2.05, 4.69) is 17.3 Å². The number of carbonyl (C=O) groups excluding carboxylic acids is 1. The van der Waals surface area contributed by atoms with Gasteiger partial charge in [-0.15, -0.1) is 0 Å². The maximum absolute atomic E-state index is 13.2. The van der Waals surface area contributed by atoms with Crippen molar-refractivity contribution in [1.29, 1.82) is 0 Å². The zero-order valence-corrected chi connectivity index (χ0v) is 18.9. The molecule has 0 unspecified atom stereocenters. The highest BCUT2D eigenvalue weighted by molar-refractivity contribution is 6.54. The normalized spacial score (nSPS) is 31.1. The van der Waals surface area contributed by atoms with Gasteiger partial charge in [-0.05, 0) is 44.8 Å². The molecule has 2 atom stereocenters. The Morgan fingerprint density at radius 3 is 2.32 bits per heavy atom. The smallest absolute Gasteiger partial charge is 0.223 e. The zero-order chi connectivity index (χ0) is 20.5. The summed E-state index contributed by atoms with van der Waals surface area (Å²) >= 11 is 25.4. The molecule has 1 saturated carbocycles. The highest BCUT2D eigenvalue weighted by atomic mass is 35.5. The van der Waals surface area contributed by atoms with Crippen LogP contribution in [0.2, 0.25) is 0 Å². The van der Waals surface area contributed by atoms with Crippen LogP contribution in [0.15, 0.2) is 30.3 Å². The molecule has 1 saturated heterocycles. The minimum absolute atomic E-state index is 0.130. The Bertz CT molecular complexity index is 667. The fourth-order valence-electron chi connectivity index (χ4n) is 4.33. The van der Waals surface area contributed by atoms with E-state index >= 15 is 0 Å². The second-order valence-electron chi connectivity index (χ2n) is 8.05. The number of nitrogens with two attached hydrogens (primary N) is 1. The van der Waals surface area contributed by atoms with Crippen molar-refractivity contribution in [3.63, 3.8) is 0 Å². The molecule has 1 amide bonds. The van der Waals surface area contributed by atoms with E-state index in [-0.39, 0.29) is 30.8 Å². The largest absolute Gasteiger partial charge is 0.347 e. The van der Waals surface area contributed by atoms with Gasteiger partial charge in [0.1, 0.15) is 8.67 Å². The van der Waals surface area contributed by atoms with Crippen molar-refractivity contribution >= 4 is 52.3 Å². The van der Waals surface area contributed by atoms with Crippen LogP contribution in [0, 0.1) is 5.92 Å². The standard InChI is InChI=1S/C20H27Cl4N3O/c1-27-10-6-5-9-15(27)16(13-7-3-2-4-8-13)26-17(28)14-11-19(21,22)18(25)20(23,24)12-14/h2-4,7-8,14-16,18H,5-6,9-12,25H2,1H3,(H,26,28)/t14?,15-,16-,18?/m1/s1. The first kappa shape index (κ1) is 22.5. The van der Waals surface area contributed by atoms with Gasteiger partial charge in [0.25, 0.3) is 0 Å². The molecule has 1 aromatic carbocycles. The van der Waals surface area contributed by atoms with Crippen molar-refractivity contribution in [2.24, 2.45) is 11.7 Å². The summed E-state index contributed by atoms with van der Waals surface area (Å²) in [6.07, 6.45) is 3.77. The molecular formula is C20H27Cl4N3O. The number of piperidine rings is 1. The average Bonchev–Trinajstić information content (AvgIpc) is 2.65. The monoisotopic (exact) mass is 465 g/mol. The summed E-state index contributed by atoms with van der Waals surface area (Å²) in [5.41, 5.74) is 7.09. The minimum Gasteiger partial charge on any atom is -0.347 e. The van der Waals surface area contributed by atoms with Crippen LogP contribution < -0.4 is 11.1 Å². The summed E-state index contributed by atoms with van der Waals surface area (Å²) in [4.78, 5) is 15.5. The quantitative estimate of drug-likeness (QED) is 0.646. The van der Waals surface area contributed by atoms with Crippen molar-refractivity contribution in [2.45, 2.75) is 58.9 Å². The number of rotatable bonds is 4. The maximum Gasteiger partial charge on any atom is 0.223 e. The van der Waals surface area contributed by atoms with Gasteiger partial charge < -0.3 is 16.0 Å². The zero-order valence-electron chi connectivity index (χ0n) is 15.9. The van der Waals surface area contributed by atoms with Crippen LogP contribution in [-0.4, -0.2) is 45.1 Å². The molecule has 1 aliphatic heterocycles. The summed E-state index contributed by atoms with van der Waals surface area (Å²) in [5.74, 6) is -0.652. The first-order valence-electron chi connectivity index (χ1n) is 9.68. The highest BCUT2D eigenvalue weighted by Crippen LogP contribution is 2.49. The lowest BCUT2D eigenvalue weighted by atomic mass is 9.83. The van der Waals surface area contributed by atoms with Crippen molar-refractivity contribution in [3.05, 3.63) is 35.9 Å². The Morgan fingerprint density at radius 2 is 1.75 bits per heavy atom. The van der Waals surface area contributed by atoms with Crippen molar-refractivity contribution in [2.75, 3.05) is 13.6 Å². The van der Waals surface area contributed by atoms with Crippen molar-refractivity contribution < 1.29 is 4.79 Å². The average molecular weight is 467 g/mol. The number of hydrogen-bond acceptors (Lipinski definition) is 3. The molecule has 8 heteroatoms. The summed E-state index contributed by atoms with van der Waals surface area (Å²) < 4.78 is -2.71. The second kappa shape index (κ2) is 8.87. The van der Waals surface area contributed by atoms with Crippen LogP contribution in [0.4, 0.5) is 0 Å². The maximum atomic E-state index is 13.2. The third-order valence-corrected chi connectivity index (χ3v) is 7.54. The predicted molar refractivity (Wildman–Crippen MR) is 117 cm³/mol. The number of benzene rings is 1. The van der Waals surface area contributed by atoms with Gasteiger partial charge in [0.05, 0.1) is 12.1 Å². The molecular weight excluding hydrogens is 440 g/mol.